The van der Waals surface area contributed by atoms with E-state index in [1.807, 2.05) is 56.4 Å². The molecule has 0 radical (unpaired) electrons. The Morgan fingerprint density at radius 3 is 2.67 bits per heavy atom. The predicted molar refractivity (Wildman–Crippen MR) is 109 cm³/mol. The number of fused-ring (bicyclic) bond motifs is 1. The number of H-pyrrole nitrogens is 1. The number of nitrogens with one attached hydrogen (secondary N) is 2. The molecular formula is C23H21N3O. The summed E-state index contributed by atoms with van der Waals surface area (Å²) in [5.41, 5.74) is 4.68. The lowest BCUT2D eigenvalue weighted by Gasteiger charge is -2.18. The second-order valence-electron chi connectivity index (χ2n) is 6.78. The third kappa shape index (κ3) is 3.34. The van der Waals surface area contributed by atoms with E-state index >= 15 is 0 Å². The molecule has 4 nitrogen and oxygen atoms in total. The largest absolute Gasteiger partial charge is 0.345 e. The van der Waals surface area contributed by atoms with Gasteiger partial charge in [0.2, 0.25) is 0 Å². The number of aromatic nitrogens is 2. The molecule has 0 spiro atoms. The lowest BCUT2D eigenvalue weighted by molar-refractivity contribution is 0.0939. The van der Waals surface area contributed by atoms with Gasteiger partial charge in [0.1, 0.15) is 0 Å². The summed E-state index contributed by atoms with van der Waals surface area (Å²) in [5.74, 6) is -0.0710. The van der Waals surface area contributed by atoms with Crippen molar-refractivity contribution in [2.45, 2.75) is 19.9 Å². The van der Waals surface area contributed by atoms with Gasteiger partial charge in [-0.1, -0.05) is 54.6 Å². The fourth-order valence-electron chi connectivity index (χ4n) is 3.44. The van der Waals surface area contributed by atoms with Gasteiger partial charge in [0.25, 0.3) is 5.91 Å². The molecule has 1 atom stereocenters. The highest BCUT2D eigenvalue weighted by Crippen LogP contribution is 2.25. The number of nitrogens with zero attached hydrogens (tertiary/aromatic N) is 1. The molecule has 1 amide bonds. The Hall–Kier alpha value is -3.40. The van der Waals surface area contributed by atoms with Crippen molar-refractivity contribution in [3.63, 3.8) is 0 Å². The van der Waals surface area contributed by atoms with Crippen molar-refractivity contribution in [2.75, 3.05) is 0 Å². The maximum Gasteiger partial charge on any atom is 0.252 e. The van der Waals surface area contributed by atoms with Crippen LogP contribution in [0.2, 0.25) is 0 Å². The van der Waals surface area contributed by atoms with E-state index in [2.05, 4.69) is 39.8 Å². The van der Waals surface area contributed by atoms with Gasteiger partial charge in [0.15, 0.2) is 0 Å². The zero-order chi connectivity index (χ0) is 18.8. The summed E-state index contributed by atoms with van der Waals surface area (Å²) in [6.45, 7) is 3.98. The molecule has 134 valence electrons. The number of amides is 1. The first kappa shape index (κ1) is 17.0. The maximum atomic E-state index is 13.0. The average Bonchev–Trinajstić information content (AvgIpc) is 3.22. The van der Waals surface area contributed by atoms with Gasteiger partial charge >= 0.3 is 0 Å². The van der Waals surface area contributed by atoms with Gasteiger partial charge in [0, 0.05) is 17.3 Å². The Morgan fingerprint density at radius 2 is 1.85 bits per heavy atom. The predicted octanol–water partition coefficient (Wildman–Crippen LogP) is 5.03. The number of carbonyl (C=O) groups is 1. The van der Waals surface area contributed by atoms with Crippen LogP contribution in [0.15, 0.2) is 73.1 Å². The Labute approximate surface area is 158 Å². The highest BCUT2D eigenvalue weighted by molar-refractivity contribution is 5.97. The maximum absolute atomic E-state index is 13.0. The first-order valence-corrected chi connectivity index (χ1v) is 9.02. The van der Waals surface area contributed by atoms with Gasteiger partial charge in [-0.3, -0.25) is 9.89 Å². The first-order valence-electron chi connectivity index (χ1n) is 9.02. The minimum absolute atomic E-state index is 0.0710. The van der Waals surface area contributed by atoms with Crippen molar-refractivity contribution < 1.29 is 4.79 Å². The van der Waals surface area contributed by atoms with E-state index in [0.717, 1.165) is 27.6 Å². The van der Waals surface area contributed by atoms with Crippen LogP contribution in [0.25, 0.3) is 21.9 Å². The minimum atomic E-state index is -0.0967. The van der Waals surface area contributed by atoms with Gasteiger partial charge in [-0.25, -0.2) is 0 Å². The van der Waals surface area contributed by atoms with Crippen molar-refractivity contribution in [3.8, 4) is 11.1 Å². The fourth-order valence-corrected chi connectivity index (χ4v) is 3.44. The molecule has 4 rings (SSSR count). The summed E-state index contributed by atoms with van der Waals surface area (Å²) >= 11 is 0. The van der Waals surface area contributed by atoms with E-state index in [-0.39, 0.29) is 11.9 Å². The topological polar surface area (TPSA) is 57.8 Å². The lowest BCUT2D eigenvalue weighted by atomic mass is 9.98. The SMILES string of the molecule is Cc1ccc(-c2cn[nH]c2)cc1C(=O)N[C@H](C)c1cccc2ccccc12. The Morgan fingerprint density at radius 1 is 1.04 bits per heavy atom. The molecule has 0 saturated carbocycles. The molecule has 1 aromatic heterocycles. The molecule has 0 bridgehead atoms. The van der Waals surface area contributed by atoms with E-state index in [1.165, 1.54) is 5.39 Å². The van der Waals surface area contributed by atoms with E-state index in [1.54, 1.807) is 6.20 Å². The second kappa shape index (κ2) is 7.08. The molecule has 27 heavy (non-hydrogen) atoms. The van der Waals surface area contributed by atoms with Crippen LogP contribution in [0.5, 0.6) is 0 Å². The normalized spacial score (nSPS) is 12.1. The van der Waals surface area contributed by atoms with Crippen LogP contribution in [0.3, 0.4) is 0 Å². The number of benzene rings is 3. The molecule has 1 heterocycles. The standard InChI is InChI=1S/C23H21N3O/c1-15-10-11-18(19-13-24-25-14-19)12-22(15)23(27)26-16(2)20-9-5-7-17-6-3-4-8-21(17)20/h3-14,16H,1-2H3,(H,24,25)(H,26,27)/t16-/m1/s1. The molecule has 0 aliphatic rings. The lowest BCUT2D eigenvalue weighted by Crippen LogP contribution is -2.27. The van der Waals surface area contributed by atoms with E-state index in [9.17, 15) is 4.79 Å². The summed E-state index contributed by atoms with van der Waals surface area (Å²) in [6.07, 6.45) is 3.58. The molecule has 3 aromatic carbocycles. The highest BCUT2D eigenvalue weighted by atomic mass is 16.1. The van der Waals surface area contributed by atoms with Crippen LogP contribution in [-0.4, -0.2) is 16.1 Å². The minimum Gasteiger partial charge on any atom is -0.345 e. The number of hydrogen-bond acceptors (Lipinski definition) is 2. The average molecular weight is 355 g/mol. The van der Waals surface area contributed by atoms with Gasteiger partial charge in [0.05, 0.1) is 12.2 Å². The van der Waals surface area contributed by atoms with E-state index < -0.39 is 0 Å². The monoisotopic (exact) mass is 355 g/mol. The number of hydrogen-bond donors (Lipinski definition) is 2. The third-order valence-corrected chi connectivity index (χ3v) is 4.95. The van der Waals surface area contributed by atoms with E-state index in [4.69, 9.17) is 0 Å². The molecule has 0 aliphatic carbocycles. The van der Waals surface area contributed by atoms with Crippen LogP contribution in [0.4, 0.5) is 0 Å². The molecule has 4 heteroatoms. The fraction of sp³-hybridized carbons (Fsp3) is 0.130. The van der Waals surface area contributed by atoms with E-state index in [0.29, 0.717) is 5.56 Å². The smallest absolute Gasteiger partial charge is 0.252 e. The van der Waals surface area contributed by atoms with Crippen LogP contribution in [0, 0.1) is 6.92 Å². The van der Waals surface area contributed by atoms with Gasteiger partial charge in [-0.05, 0) is 47.4 Å². The van der Waals surface area contributed by atoms with Gasteiger partial charge in [-0.2, -0.15) is 5.10 Å². The third-order valence-electron chi connectivity index (χ3n) is 4.95. The second-order valence-corrected chi connectivity index (χ2v) is 6.78. The summed E-state index contributed by atoms with van der Waals surface area (Å²) in [7, 11) is 0. The quantitative estimate of drug-likeness (QED) is 0.539. The van der Waals surface area contributed by atoms with Crippen LogP contribution in [-0.2, 0) is 0 Å². The summed E-state index contributed by atoms with van der Waals surface area (Å²) in [6, 6.07) is 20.2. The molecule has 0 unspecified atom stereocenters. The zero-order valence-corrected chi connectivity index (χ0v) is 15.4. The van der Waals surface area contributed by atoms with Crippen LogP contribution in [0.1, 0.15) is 34.5 Å². The highest BCUT2D eigenvalue weighted by Gasteiger charge is 2.16. The number of rotatable bonds is 4. The van der Waals surface area contributed by atoms with Crippen molar-refractivity contribution in [1.29, 1.82) is 0 Å². The van der Waals surface area contributed by atoms with Crippen molar-refractivity contribution in [1.82, 2.24) is 15.5 Å². The number of aryl methyl sites for hydroxylation is 1. The molecule has 0 saturated heterocycles. The van der Waals surface area contributed by atoms with Crippen molar-refractivity contribution in [2.24, 2.45) is 0 Å². The molecule has 0 aliphatic heterocycles. The van der Waals surface area contributed by atoms with Crippen molar-refractivity contribution in [3.05, 3.63) is 89.7 Å². The first-order chi connectivity index (χ1) is 13.1. The van der Waals surface area contributed by atoms with Crippen LogP contribution < -0.4 is 5.32 Å². The summed E-state index contributed by atoms with van der Waals surface area (Å²) in [4.78, 5) is 13.0. The number of aromatic amines is 1. The molecular weight excluding hydrogens is 334 g/mol. The Balaban J connectivity index is 1.63. The Bertz CT molecular complexity index is 1090. The summed E-state index contributed by atoms with van der Waals surface area (Å²) in [5, 5.41) is 12.3. The van der Waals surface area contributed by atoms with Gasteiger partial charge in [-0.15, -0.1) is 0 Å². The van der Waals surface area contributed by atoms with Gasteiger partial charge < -0.3 is 5.32 Å². The molecule has 0 fully saturated rings. The van der Waals surface area contributed by atoms with Crippen LogP contribution >= 0.6 is 0 Å². The summed E-state index contributed by atoms with van der Waals surface area (Å²) < 4.78 is 0. The molecule has 4 aromatic rings. The number of carbonyl (C=O) groups excluding carboxylic acids is 1. The Kier molecular flexibility index (Phi) is 4.47. The zero-order valence-electron chi connectivity index (χ0n) is 15.4. The van der Waals surface area contributed by atoms with Crippen molar-refractivity contribution >= 4 is 16.7 Å². The molecule has 2 N–H and O–H groups in total.